The Kier molecular flexibility index (Phi) is 2.04. The van der Waals surface area contributed by atoms with E-state index < -0.39 is 0 Å². The van der Waals surface area contributed by atoms with Crippen LogP contribution in [0.25, 0.3) is 0 Å². The van der Waals surface area contributed by atoms with Crippen LogP contribution in [-0.2, 0) is 11.2 Å². The third-order valence-electron chi connectivity index (χ3n) is 2.25. The first-order valence-electron chi connectivity index (χ1n) is 3.81. The molecule has 2 nitrogen and oxygen atoms in total. The molecule has 2 rings (SSSR count). The molecule has 1 aromatic rings. The highest BCUT2D eigenvalue weighted by atomic mass is 79.9. The van der Waals surface area contributed by atoms with E-state index in [1.165, 1.54) is 16.4 Å². The summed E-state index contributed by atoms with van der Waals surface area (Å²) >= 11 is 4.88. The largest absolute Gasteiger partial charge is 0.303 e. The molecule has 4 heteroatoms. The predicted octanol–water partition coefficient (Wildman–Crippen LogP) is 2.43. The van der Waals surface area contributed by atoms with Gasteiger partial charge in [0.1, 0.15) is 6.29 Å². The van der Waals surface area contributed by atoms with E-state index in [0.717, 1.165) is 30.0 Å². The second kappa shape index (κ2) is 2.92. The summed E-state index contributed by atoms with van der Waals surface area (Å²) < 4.78 is 5.09. The zero-order valence-electron chi connectivity index (χ0n) is 6.42. The fourth-order valence-corrected chi connectivity index (χ4v) is 2.56. The molecule has 0 amide bonds. The van der Waals surface area contributed by atoms with Crippen LogP contribution < -0.4 is 0 Å². The molecule has 1 aliphatic carbocycles. The van der Waals surface area contributed by atoms with E-state index in [0.29, 0.717) is 0 Å². The van der Waals surface area contributed by atoms with Crippen LogP contribution in [0.1, 0.15) is 17.7 Å². The number of halogens is 1. The van der Waals surface area contributed by atoms with Crippen molar-refractivity contribution < 1.29 is 4.79 Å². The maximum Gasteiger partial charge on any atom is 0.126 e. The lowest BCUT2D eigenvalue weighted by atomic mass is 10.0. The van der Waals surface area contributed by atoms with E-state index in [4.69, 9.17) is 0 Å². The third kappa shape index (κ3) is 1.45. The van der Waals surface area contributed by atoms with Gasteiger partial charge in [0.15, 0.2) is 0 Å². The molecule has 12 heavy (non-hydrogen) atoms. The van der Waals surface area contributed by atoms with Crippen molar-refractivity contribution >= 4 is 33.7 Å². The summed E-state index contributed by atoms with van der Waals surface area (Å²) in [7, 11) is 0. The Balaban J connectivity index is 2.13. The Morgan fingerprint density at radius 2 is 2.50 bits per heavy atom. The quantitative estimate of drug-likeness (QED) is 0.766. The van der Waals surface area contributed by atoms with Gasteiger partial charge < -0.3 is 4.79 Å². The molecule has 1 saturated carbocycles. The predicted molar refractivity (Wildman–Crippen MR) is 51.2 cm³/mol. The smallest absolute Gasteiger partial charge is 0.126 e. The van der Waals surface area contributed by atoms with Crippen molar-refractivity contribution in [2.24, 2.45) is 5.41 Å². The van der Waals surface area contributed by atoms with Gasteiger partial charge in [-0.3, -0.25) is 0 Å². The maximum absolute atomic E-state index is 10.7. The third-order valence-corrected chi connectivity index (χ3v) is 3.99. The highest BCUT2D eigenvalue weighted by Crippen LogP contribution is 2.47. The zero-order chi connectivity index (χ0) is 8.60. The van der Waals surface area contributed by atoms with E-state index in [-0.39, 0.29) is 5.41 Å². The fraction of sp³-hybridized carbons (Fsp3) is 0.500. The van der Waals surface area contributed by atoms with Crippen LogP contribution in [0.3, 0.4) is 0 Å². The highest BCUT2D eigenvalue weighted by Gasteiger charge is 2.43. The summed E-state index contributed by atoms with van der Waals surface area (Å²) in [5.74, 6) is 0. The van der Waals surface area contributed by atoms with Crippen molar-refractivity contribution in [2.75, 3.05) is 0 Å². The summed E-state index contributed by atoms with van der Waals surface area (Å²) in [5, 5.41) is 0. The van der Waals surface area contributed by atoms with Crippen LogP contribution in [0.2, 0.25) is 0 Å². The van der Waals surface area contributed by atoms with Gasteiger partial charge in [-0.2, -0.15) is 4.37 Å². The molecule has 0 aliphatic heterocycles. The van der Waals surface area contributed by atoms with Gasteiger partial charge in [-0.15, -0.1) is 0 Å². The highest BCUT2D eigenvalue weighted by molar-refractivity contribution is 9.10. The molecule has 0 bridgehead atoms. The number of carbonyl (C=O) groups excluding carboxylic acids is 1. The molecule has 0 radical (unpaired) electrons. The molecule has 0 saturated heterocycles. The van der Waals surface area contributed by atoms with Gasteiger partial charge >= 0.3 is 0 Å². The minimum Gasteiger partial charge on any atom is -0.303 e. The second-order valence-electron chi connectivity index (χ2n) is 3.25. The first kappa shape index (κ1) is 8.38. The molecule has 1 aliphatic rings. The molecule has 64 valence electrons. The Morgan fingerprint density at radius 1 is 1.75 bits per heavy atom. The molecular weight excluding hydrogens is 238 g/mol. The molecule has 0 atom stereocenters. The minimum absolute atomic E-state index is 0.0327. The second-order valence-corrected chi connectivity index (χ2v) is 4.99. The number of carbonyl (C=O) groups is 1. The zero-order valence-corrected chi connectivity index (χ0v) is 8.82. The summed E-state index contributed by atoms with van der Waals surface area (Å²) in [6.07, 6.45) is 5.84. The first-order chi connectivity index (χ1) is 5.76. The summed E-state index contributed by atoms with van der Waals surface area (Å²) in [5.41, 5.74) is -0.0327. The van der Waals surface area contributed by atoms with Gasteiger partial charge in [0.25, 0.3) is 0 Å². The Bertz CT molecular complexity index is 306. The van der Waals surface area contributed by atoms with Gasteiger partial charge in [-0.25, -0.2) is 0 Å². The van der Waals surface area contributed by atoms with Crippen LogP contribution >= 0.6 is 27.5 Å². The average Bonchev–Trinajstić information content (AvgIpc) is 2.74. The monoisotopic (exact) mass is 245 g/mol. The molecule has 0 spiro atoms. The van der Waals surface area contributed by atoms with Crippen LogP contribution in [-0.4, -0.2) is 10.7 Å². The molecular formula is C8H8BrNOS. The van der Waals surface area contributed by atoms with Gasteiger partial charge in [-0.05, 0) is 46.7 Å². The minimum atomic E-state index is -0.0327. The van der Waals surface area contributed by atoms with Gasteiger partial charge in [0, 0.05) is 10.3 Å². The van der Waals surface area contributed by atoms with Crippen molar-refractivity contribution in [2.45, 2.75) is 19.3 Å². The van der Waals surface area contributed by atoms with Crippen molar-refractivity contribution in [1.82, 2.24) is 4.37 Å². The van der Waals surface area contributed by atoms with Crippen LogP contribution in [0.15, 0.2) is 10.7 Å². The number of nitrogens with zero attached hydrogens (tertiary/aromatic N) is 1. The standard InChI is InChI=1S/C8H8BrNOS/c9-6-4-10-12-7(6)3-8(5-11)1-2-8/h4-5H,1-3H2. The summed E-state index contributed by atoms with van der Waals surface area (Å²) in [6.45, 7) is 0. The lowest BCUT2D eigenvalue weighted by Crippen LogP contribution is -2.04. The molecule has 0 N–H and O–H groups in total. The van der Waals surface area contributed by atoms with Crippen molar-refractivity contribution in [3.63, 3.8) is 0 Å². The SMILES string of the molecule is O=CC1(Cc2sncc2Br)CC1. The fourth-order valence-electron chi connectivity index (χ4n) is 1.19. The lowest BCUT2D eigenvalue weighted by Gasteiger charge is -2.02. The molecule has 1 heterocycles. The number of hydrogen-bond acceptors (Lipinski definition) is 3. The number of hydrogen-bond donors (Lipinski definition) is 0. The van der Waals surface area contributed by atoms with Gasteiger partial charge in [0.05, 0.1) is 10.7 Å². The average molecular weight is 246 g/mol. The van der Waals surface area contributed by atoms with E-state index in [2.05, 4.69) is 20.3 Å². The van der Waals surface area contributed by atoms with E-state index in [1.54, 1.807) is 6.20 Å². The molecule has 0 unspecified atom stereocenters. The van der Waals surface area contributed by atoms with Crippen molar-refractivity contribution in [3.8, 4) is 0 Å². The lowest BCUT2D eigenvalue weighted by molar-refractivity contribution is -0.112. The number of rotatable bonds is 3. The van der Waals surface area contributed by atoms with Gasteiger partial charge in [0.2, 0.25) is 0 Å². The maximum atomic E-state index is 10.7. The number of aldehydes is 1. The molecule has 0 aromatic carbocycles. The number of aromatic nitrogens is 1. The Hall–Kier alpha value is -0.220. The van der Waals surface area contributed by atoms with Crippen molar-refractivity contribution in [1.29, 1.82) is 0 Å². The Morgan fingerprint density at radius 3 is 2.92 bits per heavy atom. The molecule has 1 aromatic heterocycles. The van der Waals surface area contributed by atoms with E-state index in [1.807, 2.05) is 0 Å². The van der Waals surface area contributed by atoms with E-state index >= 15 is 0 Å². The van der Waals surface area contributed by atoms with E-state index in [9.17, 15) is 4.79 Å². The first-order valence-corrected chi connectivity index (χ1v) is 5.38. The van der Waals surface area contributed by atoms with Crippen molar-refractivity contribution in [3.05, 3.63) is 15.5 Å². The van der Waals surface area contributed by atoms with Crippen LogP contribution in [0.5, 0.6) is 0 Å². The van der Waals surface area contributed by atoms with Crippen LogP contribution in [0, 0.1) is 5.41 Å². The van der Waals surface area contributed by atoms with Gasteiger partial charge in [-0.1, -0.05) is 0 Å². The topological polar surface area (TPSA) is 30.0 Å². The normalized spacial score (nSPS) is 19.1. The Labute approximate surface area is 83.3 Å². The summed E-state index contributed by atoms with van der Waals surface area (Å²) in [4.78, 5) is 11.9. The molecule has 1 fully saturated rings. The summed E-state index contributed by atoms with van der Waals surface area (Å²) in [6, 6.07) is 0. The van der Waals surface area contributed by atoms with Crippen LogP contribution in [0.4, 0.5) is 0 Å².